The molecule has 0 spiro atoms. The van der Waals surface area contributed by atoms with E-state index < -0.39 is 0 Å². The molecule has 0 radical (unpaired) electrons. The second kappa shape index (κ2) is 11.2. The van der Waals surface area contributed by atoms with Crippen molar-refractivity contribution in [2.45, 2.75) is 32.7 Å². The van der Waals surface area contributed by atoms with E-state index in [0.29, 0.717) is 31.2 Å². The number of amides is 1. The number of aromatic amines is 1. The molecule has 31 heavy (non-hydrogen) atoms. The molecule has 0 saturated heterocycles. The molecule has 0 unspecified atom stereocenters. The molecule has 0 aliphatic rings. The van der Waals surface area contributed by atoms with Gasteiger partial charge < -0.3 is 20.9 Å². The van der Waals surface area contributed by atoms with Gasteiger partial charge in [0.15, 0.2) is 5.96 Å². The average Bonchev–Trinajstić information content (AvgIpc) is 3.18. The molecule has 6 nitrogen and oxygen atoms in total. The van der Waals surface area contributed by atoms with Crippen LogP contribution in [-0.4, -0.2) is 37.0 Å². The second-order valence-electron chi connectivity index (χ2n) is 7.41. The lowest BCUT2D eigenvalue weighted by atomic mass is 10.1. The van der Waals surface area contributed by atoms with Crippen molar-refractivity contribution in [2.24, 2.45) is 4.99 Å². The number of fused-ring (bicyclic) bond motifs is 1. The number of unbranched alkanes of at least 4 members (excludes halogenated alkanes) is 1. The van der Waals surface area contributed by atoms with Gasteiger partial charge in [0.25, 0.3) is 5.91 Å². The molecule has 7 heteroatoms. The van der Waals surface area contributed by atoms with Crippen molar-refractivity contribution in [3.05, 3.63) is 71.2 Å². The number of aromatic nitrogens is 1. The van der Waals surface area contributed by atoms with Crippen molar-refractivity contribution in [3.8, 4) is 0 Å². The third-order valence-electron chi connectivity index (χ3n) is 5.13. The second-order valence-corrected chi connectivity index (χ2v) is 7.41. The van der Waals surface area contributed by atoms with Crippen LogP contribution in [0, 0.1) is 5.82 Å². The van der Waals surface area contributed by atoms with Crippen LogP contribution in [0.3, 0.4) is 0 Å². The van der Waals surface area contributed by atoms with Gasteiger partial charge in [0.2, 0.25) is 0 Å². The number of benzene rings is 2. The Labute approximate surface area is 182 Å². The first-order chi connectivity index (χ1) is 15.1. The van der Waals surface area contributed by atoms with Crippen LogP contribution in [0.4, 0.5) is 4.39 Å². The molecule has 2 aromatic carbocycles. The van der Waals surface area contributed by atoms with Gasteiger partial charge in [-0.15, -0.1) is 0 Å². The zero-order valence-corrected chi connectivity index (χ0v) is 18.1. The number of hydrogen-bond acceptors (Lipinski definition) is 2. The Morgan fingerprint density at radius 1 is 1.06 bits per heavy atom. The van der Waals surface area contributed by atoms with Crippen molar-refractivity contribution in [1.29, 1.82) is 0 Å². The van der Waals surface area contributed by atoms with Crippen molar-refractivity contribution in [1.82, 2.24) is 20.9 Å². The Bertz CT molecular complexity index is 1030. The SMILES string of the molecule is CCCCNC(=O)c1ccc(CNC(=NC)NCCc2c[nH]c3cc(F)ccc23)cc1. The minimum absolute atomic E-state index is 0.0366. The van der Waals surface area contributed by atoms with E-state index in [9.17, 15) is 9.18 Å². The highest BCUT2D eigenvalue weighted by atomic mass is 19.1. The van der Waals surface area contributed by atoms with E-state index >= 15 is 0 Å². The Morgan fingerprint density at radius 3 is 2.61 bits per heavy atom. The summed E-state index contributed by atoms with van der Waals surface area (Å²) in [5, 5.41) is 10.5. The lowest BCUT2D eigenvalue weighted by Gasteiger charge is -2.12. The molecular formula is C24H30FN5O. The molecule has 164 valence electrons. The number of carbonyl (C=O) groups excluding carboxylic acids is 1. The summed E-state index contributed by atoms with van der Waals surface area (Å²) in [4.78, 5) is 19.4. The Morgan fingerprint density at radius 2 is 1.87 bits per heavy atom. The number of H-pyrrole nitrogens is 1. The van der Waals surface area contributed by atoms with E-state index in [1.165, 1.54) is 12.1 Å². The summed E-state index contributed by atoms with van der Waals surface area (Å²) in [6.07, 6.45) is 4.75. The van der Waals surface area contributed by atoms with Crippen LogP contribution in [0.1, 0.15) is 41.3 Å². The molecule has 0 aliphatic carbocycles. The summed E-state index contributed by atoms with van der Waals surface area (Å²) in [5.41, 5.74) is 3.67. The summed E-state index contributed by atoms with van der Waals surface area (Å²) in [6, 6.07) is 12.4. The van der Waals surface area contributed by atoms with Crippen LogP contribution < -0.4 is 16.0 Å². The van der Waals surface area contributed by atoms with Gasteiger partial charge in [-0.25, -0.2) is 4.39 Å². The summed E-state index contributed by atoms with van der Waals surface area (Å²) < 4.78 is 13.3. The van der Waals surface area contributed by atoms with Crippen molar-refractivity contribution in [3.63, 3.8) is 0 Å². The molecule has 0 aliphatic heterocycles. The number of guanidine groups is 1. The van der Waals surface area contributed by atoms with E-state index in [0.717, 1.165) is 41.3 Å². The third kappa shape index (κ3) is 6.31. The van der Waals surface area contributed by atoms with Gasteiger partial charge in [-0.2, -0.15) is 0 Å². The minimum atomic E-state index is -0.242. The fourth-order valence-corrected chi connectivity index (χ4v) is 3.34. The fourth-order valence-electron chi connectivity index (χ4n) is 3.34. The van der Waals surface area contributed by atoms with Crippen LogP contribution in [-0.2, 0) is 13.0 Å². The normalized spacial score (nSPS) is 11.5. The standard InChI is InChI=1S/C24H30FN5O/c1-3-4-12-27-23(31)18-7-5-17(6-8-18)15-30-24(26-2)28-13-11-19-16-29-22-14-20(25)9-10-21(19)22/h5-10,14,16,29H,3-4,11-13,15H2,1-2H3,(H,27,31)(H2,26,28,30). The Hall–Kier alpha value is -3.35. The first kappa shape index (κ1) is 22.3. The van der Waals surface area contributed by atoms with Gasteiger partial charge in [0.05, 0.1) is 0 Å². The van der Waals surface area contributed by atoms with Crippen LogP contribution in [0.2, 0.25) is 0 Å². The predicted octanol–water partition coefficient (Wildman–Crippen LogP) is 3.74. The maximum atomic E-state index is 13.3. The molecule has 0 fully saturated rings. The predicted molar refractivity (Wildman–Crippen MR) is 124 cm³/mol. The highest BCUT2D eigenvalue weighted by Gasteiger charge is 2.07. The number of rotatable bonds is 9. The first-order valence-corrected chi connectivity index (χ1v) is 10.7. The largest absolute Gasteiger partial charge is 0.361 e. The maximum Gasteiger partial charge on any atom is 0.251 e. The average molecular weight is 424 g/mol. The van der Waals surface area contributed by atoms with E-state index in [1.807, 2.05) is 30.5 Å². The van der Waals surface area contributed by atoms with Gasteiger partial charge in [-0.3, -0.25) is 9.79 Å². The van der Waals surface area contributed by atoms with Crippen molar-refractivity contribution >= 4 is 22.8 Å². The molecular weight excluding hydrogens is 393 g/mol. The van der Waals surface area contributed by atoms with Gasteiger partial charge in [0, 0.05) is 49.3 Å². The molecule has 3 aromatic rings. The first-order valence-electron chi connectivity index (χ1n) is 10.7. The number of carbonyl (C=O) groups is 1. The fraction of sp³-hybridized carbons (Fsp3) is 0.333. The number of nitrogens with one attached hydrogen (secondary N) is 4. The monoisotopic (exact) mass is 423 g/mol. The lowest BCUT2D eigenvalue weighted by Crippen LogP contribution is -2.37. The number of halogens is 1. The summed E-state index contributed by atoms with van der Waals surface area (Å²) in [7, 11) is 1.73. The van der Waals surface area contributed by atoms with Crippen LogP contribution in [0.5, 0.6) is 0 Å². The molecule has 1 aromatic heterocycles. The Kier molecular flexibility index (Phi) is 8.04. The van der Waals surface area contributed by atoms with Crippen molar-refractivity contribution in [2.75, 3.05) is 20.1 Å². The maximum absolute atomic E-state index is 13.3. The molecule has 1 amide bonds. The van der Waals surface area contributed by atoms with E-state index in [1.54, 1.807) is 13.1 Å². The van der Waals surface area contributed by atoms with E-state index in [2.05, 4.69) is 32.9 Å². The van der Waals surface area contributed by atoms with Gasteiger partial charge >= 0.3 is 0 Å². The molecule has 3 rings (SSSR count). The zero-order valence-electron chi connectivity index (χ0n) is 18.1. The summed E-state index contributed by atoms with van der Waals surface area (Å²) in [5.74, 6) is 0.423. The van der Waals surface area contributed by atoms with Crippen LogP contribution in [0.15, 0.2) is 53.7 Å². The molecule has 0 saturated carbocycles. The summed E-state index contributed by atoms with van der Waals surface area (Å²) >= 11 is 0. The molecule has 4 N–H and O–H groups in total. The Balaban J connectivity index is 1.45. The molecule has 0 bridgehead atoms. The summed E-state index contributed by atoms with van der Waals surface area (Å²) in [6.45, 7) is 4.10. The highest BCUT2D eigenvalue weighted by molar-refractivity contribution is 5.94. The highest BCUT2D eigenvalue weighted by Crippen LogP contribution is 2.19. The minimum Gasteiger partial charge on any atom is -0.361 e. The zero-order chi connectivity index (χ0) is 22.1. The lowest BCUT2D eigenvalue weighted by molar-refractivity contribution is 0.0953. The van der Waals surface area contributed by atoms with E-state index in [-0.39, 0.29) is 11.7 Å². The number of aliphatic imine (C=N–C) groups is 1. The topological polar surface area (TPSA) is 81.3 Å². The van der Waals surface area contributed by atoms with Crippen LogP contribution in [0.25, 0.3) is 10.9 Å². The van der Waals surface area contributed by atoms with E-state index in [4.69, 9.17) is 0 Å². The number of hydrogen-bond donors (Lipinski definition) is 4. The van der Waals surface area contributed by atoms with Crippen molar-refractivity contribution < 1.29 is 9.18 Å². The molecule has 0 atom stereocenters. The quantitative estimate of drug-likeness (QED) is 0.240. The van der Waals surface area contributed by atoms with Crippen LogP contribution >= 0.6 is 0 Å². The van der Waals surface area contributed by atoms with Gasteiger partial charge in [0.1, 0.15) is 5.82 Å². The van der Waals surface area contributed by atoms with Gasteiger partial charge in [-0.05, 0) is 54.3 Å². The number of nitrogens with zero attached hydrogens (tertiary/aromatic N) is 1. The smallest absolute Gasteiger partial charge is 0.251 e. The third-order valence-corrected chi connectivity index (χ3v) is 5.13. The molecule has 1 heterocycles. The van der Waals surface area contributed by atoms with Gasteiger partial charge in [-0.1, -0.05) is 25.5 Å².